The van der Waals surface area contributed by atoms with Gasteiger partial charge in [-0.25, -0.2) is 0 Å². The molecule has 2 nitrogen and oxygen atoms in total. The minimum absolute atomic E-state index is 0.108. The quantitative estimate of drug-likeness (QED) is 0.435. The van der Waals surface area contributed by atoms with Crippen LogP contribution in [0.5, 0.6) is 0 Å². The molecule has 0 aromatic heterocycles. The van der Waals surface area contributed by atoms with Crippen LogP contribution in [-0.4, -0.2) is 35.9 Å². The third-order valence-corrected chi connectivity index (χ3v) is 15.5. The minimum atomic E-state index is -0.108. The van der Waals surface area contributed by atoms with Gasteiger partial charge in [0.25, 0.3) is 0 Å². The van der Waals surface area contributed by atoms with Crippen molar-refractivity contribution in [3.63, 3.8) is 0 Å². The first-order chi connectivity index (χ1) is 16.2. The van der Waals surface area contributed by atoms with E-state index in [9.17, 15) is 0 Å². The van der Waals surface area contributed by atoms with Crippen molar-refractivity contribution < 1.29 is 4.74 Å². The van der Waals surface area contributed by atoms with Gasteiger partial charge < -0.3 is 9.64 Å². The van der Waals surface area contributed by atoms with Gasteiger partial charge in [-0.05, 0) is 135 Å². The Balaban J connectivity index is 1.19. The van der Waals surface area contributed by atoms with Crippen molar-refractivity contribution >= 4 is 13.6 Å². The van der Waals surface area contributed by atoms with Crippen LogP contribution in [0.25, 0.3) is 0 Å². The first kappa shape index (κ1) is 20.6. The lowest BCUT2D eigenvalue weighted by atomic mass is 9.55. The highest BCUT2D eigenvalue weighted by Gasteiger charge is 2.64. The van der Waals surface area contributed by atoms with Gasteiger partial charge in [0, 0.05) is 18.8 Å². The van der Waals surface area contributed by atoms with Crippen molar-refractivity contribution in [3.05, 3.63) is 30.3 Å². The molecular weight excluding hydrogens is 421 g/mol. The van der Waals surface area contributed by atoms with Gasteiger partial charge in [-0.3, -0.25) is 0 Å². The summed E-state index contributed by atoms with van der Waals surface area (Å²) in [6.45, 7) is 3.18. The zero-order chi connectivity index (χ0) is 21.6. The smallest absolute Gasteiger partial charge is 0.0950 e. The molecular formula is C30H42NOP. The maximum Gasteiger partial charge on any atom is 0.0950 e. The van der Waals surface area contributed by atoms with Crippen LogP contribution in [0.4, 0.5) is 5.69 Å². The summed E-state index contributed by atoms with van der Waals surface area (Å²) in [5.41, 5.74) is 1.43. The molecule has 0 amide bonds. The number of rotatable bonds is 4. The van der Waals surface area contributed by atoms with E-state index in [2.05, 4.69) is 35.2 Å². The molecule has 9 aliphatic rings. The fourth-order valence-corrected chi connectivity index (χ4v) is 17.1. The van der Waals surface area contributed by atoms with E-state index in [4.69, 9.17) is 4.74 Å². The lowest BCUT2D eigenvalue weighted by molar-refractivity contribution is 0.00977. The molecule has 33 heavy (non-hydrogen) atoms. The van der Waals surface area contributed by atoms with Crippen LogP contribution in [0.2, 0.25) is 0 Å². The van der Waals surface area contributed by atoms with Gasteiger partial charge in [-0.15, -0.1) is 0 Å². The molecule has 1 unspecified atom stereocenters. The summed E-state index contributed by atoms with van der Waals surface area (Å²) in [5.74, 6) is 6.87. The maximum atomic E-state index is 6.96. The minimum Gasteiger partial charge on any atom is -0.370 e. The molecule has 8 aliphatic carbocycles. The van der Waals surface area contributed by atoms with E-state index in [1.54, 1.807) is 77.0 Å². The molecule has 1 heterocycles. The second kappa shape index (κ2) is 7.46. The van der Waals surface area contributed by atoms with Gasteiger partial charge in [-0.2, -0.15) is 0 Å². The van der Waals surface area contributed by atoms with E-state index in [0.717, 1.165) is 48.7 Å². The van der Waals surface area contributed by atoms with Gasteiger partial charge in [-0.1, -0.05) is 26.1 Å². The fourth-order valence-electron chi connectivity index (χ4n) is 11.5. The summed E-state index contributed by atoms with van der Waals surface area (Å²) < 4.78 is 6.96. The zero-order valence-electron chi connectivity index (χ0n) is 20.3. The Hall–Kier alpha value is -0.590. The van der Waals surface area contributed by atoms with Crippen LogP contribution in [0, 0.1) is 35.5 Å². The molecule has 8 saturated carbocycles. The van der Waals surface area contributed by atoms with Crippen LogP contribution in [-0.2, 0) is 4.74 Å². The van der Waals surface area contributed by atoms with E-state index in [1.807, 2.05) is 0 Å². The predicted octanol–water partition coefficient (Wildman–Crippen LogP) is 7.27. The molecule has 0 spiro atoms. The van der Waals surface area contributed by atoms with Gasteiger partial charge in [0.05, 0.1) is 12.5 Å². The molecule has 178 valence electrons. The normalized spacial score (nSPS) is 50.7. The lowest BCUT2D eigenvalue weighted by Gasteiger charge is -2.69. The zero-order valence-corrected chi connectivity index (χ0v) is 21.2. The Kier molecular flexibility index (Phi) is 4.65. The third kappa shape index (κ3) is 3.25. The number of hydrogen-bond donors (Lipinski definition) is 0. The maximum absolute atomic E-state index is 6.96. The molecule has 10 rings (SSSR count). The molecule has 1 saturated heterocycles. The number of anilines is 1. The number of morpholine rings is 1. The molecule has 1 atom stereocenters. The number of nitrogens with zero attached hydrogens (tertiary/aromatic N) is 1. The Morgan fingerprint density at radius 2 is 1.12 bits per heavy atom. The number of benzene rings is 1. The summed E-state index contributed by atoms with van der Waals surface area (Å²) in [6, 6.07) is 11.3. The van der Waals surface area contributed by atoms with Crippen LogP contribution in [0.3, 0.4) is 0 Å². The molecule has 0 radical (unpaired) electrons. The first-order valence-corrected chi connectivity index (χ1v) is 15.8. The Bertz CT molecular complexity index is 783. The van der Waals surface area contributed by atoms with Gasteiger partial charge >= 0.3 is 0 Å². The van der Waals surface area contributed by atoms with E-state index < -0.39 is 0 Å². The topological polar surface area (TPSA) is 12.5 Å². The van der Waals surface area contributed by atoms with Crippen molar-refractivity contribution in [2.75, 3.05) is 24.6 Å². The van der Waals surface area contributed by atoms with Crippen LogP contribution in [0.15, 0.2) is 30.3 Å². The summed E-state index contributed by atoms with van der Waals surface area (Å²) >= 11 is 0. The molecule has 1 aliphatic heterocycles. The molecule has 8 bridgehead atoms. The lowest BCUT2D eigenvalue weighted by Crippen LogP contribution is -2.59. The average molecular weight is 464 g/mol. The highest BCUT2D eigenvalue weighted by molar-refractivity contribution is 7.61. The molecule has 0 N–H and O–H groups in total. The van der Waals surface area contributed by atoms with E-state index >= 15 is 0 Å². The van der Waals surface area contributed by atoms with Crippen LogP contribution >= 0.6 is 7.92 Å². The summed E-state index contributed by atoms with van der Waals surface area (Å²) in [7, 11) is -0.108. The van der Waals surface area contributed by atoms with Crippen molar-refractivity contribution in [1.29, 1.82) is 0 Å². The van der Waals surface area contributed by atoms with E-state index in [1.165, 1.54) is 12.2 Å². The SMILES string of the molecule is c1ccc(N2CCOC(P(C34CC5CC(CC(C5)C3)C4)C34CC5CC(CC(C5)C3)C4)C2)cc1. The highest BCUT2D eigenvalue weighted by atomic mass is 31.1. The number of hydrogen-bond acceptors (Lipinski definition) is 2. The first-order valence-electron chi connectivity index (χ1n) is 14.4. The average Bonchev–Trinajstić information content (AvgIpc) is 2.78. The molecule has 1 aromatic carbocycles. The van der Waals surface area contributed by atoms with Crippen molar-refractivity contribution in [1.82, 2.24) is 0 Å². The van der Waals surface area contributed by atoms with Gasteiger partial charge in [0.1, 0.15) is 0 Å². The number of ether oxygens (including phenoxy) is 1. The highest BCUT2D eigenvalue weighted by Crippen LogP contribution is 2.80. The molecule has 1 aromatic rings. The predicted molar refractivity (Wildman–Crippen MR) is 137 cm³/mol. The molecule has 3 heteroatoms. The summed E-state index contributed by atoms with van der Waals surface area (Å²) in [6.07, 6.45) is 18.9. The van der Waals surface area contributed by atoms with E-state index in [0.29, 0.717) is 16.2 Å². The Labute approximate surface area is 202 Å². The third-order valence-electron chi connectivity index (χ3n) is 11.5. The number of para-hydroxylation sites is 1. The largest absolute Gasteiger partial charge is 0.370 e. The van der Waals surface area contributed by atoms with Crippen LogP contribution < -0.4 is 4.90 Å². The standard InChI is InChI=1S/C30H42NOP/c1-2-4-27(5-3-1)31-6-7-32-28(20-31)33(29-14-21-8-22(15-29)10-23(9-21)16-29)30-17-24-11-25(18-30)13-26(12-24)19-30/h1-5,21-26,28H,6-20H2. The second-order valence-electron chi connectivity index (χ2n) is 13.8. The fraction of sp³-hybridized carbons (Fsp3) is 0.800. The van der Waals surface area contributed by atoms with Gasteiger partial charge in [0.15, 0.2) is 0 Å². The van der Waals surface area contributed by atoms with Crippen molar-refractivity contribution in [2.45, 2.75) is 93.2 Å². The van der Waals surface area contributed by atoms with Crippen molar-refractivity contribution in [2.24, 2.45) is 35.5 Å². The van der Waals surface area contributed by atoms with Crippen molar-refractivity contribution in [3.8, 4) is 0 Å². The van der Waals surface area contributed by atoms with E-state index in [-0.39, 0.29) is 7.92 Å². The Morgan fingerprint density at radius 1 is 0.667 bits per heavy atom. The summed E-state index contributed by atoms with van der Waals surface area (Å²) in [5, 5.41) is 1.33. The Morgan fingerprint density at radius 3 is 1.58 bits per heavy atom. The van der Waals surface area contributed by atoms with Gasteiger partial charge in [0.2, 0.25) is 0 Å². The molecule has 9 fully saturated rings. The van der Waals surface area contributed by atoms with Crippen LogP contribution in [0.1, 0.15) is 77.0 Å². The summed E-state index contributed by atoms with van der Waals surface area (Å²) in [4.78, 5) is 2.70. The second-order valence-corrected chi connectivity index (χ2v) is 17.0. The monoisotopic (exact) mass is 463 g/mol.